The Morgan fingerprint density at radius 3 is 2.81 bits per heavy atom. The number of aliphatic carboxylic acids is 1. The van der Waals surface area contributed by atoms with Gasteiger partial charge in [-0.05, 0) is 36.3 Å². The molecule has 114 valence electrons. The summed E-state index contributed by atoms with van der Waals surface area (Å²) in [5.74, 6) is -0.430. The normalized spacial score (nSPS) is 12.4. The SMILES string of the molecule is CCC(CCNC(=O)c1cc2sccc2s1)CCC(=O)O. The summed E-state index contributed by atoms with van der Waals surface area (Å²) in [5, 5.41) is 13.7. The molecule has 0 aromatic carbocycles. The second-order valence-electron chi connectivity index (χ2n) is 5.01. The average molecular weight is 325 g/mol. The number of carbonyl (C=O) groups excluding carboxylic acids is 1. The fourth-order valence-electron chi connectivity index (χ4n) is 2.23. The maximum Gasteiger partial charge on any atom is 0.303 e. The molecule has 0 fully saturated rings. The fourth-order valence-corrected chi connectivity index (χ4v) is 4.26. The zero-order valence-corrected chi connectivity index (χ0v) is 13.6. The van der Waals surface area contributed by atoms with Crippen molar-refractivity contribution in [3.8, 4) is 0 Å². The van der Waals surface area contributed by atoms with E-state index in [9.17, 15) is 9.59 Å². The number of amides is 1. The van der Waals surface area contributed by atoms with Crippen LogP contribution < -0.4 is 5.32 Å². The van der Waals surface area contributed by atoms with E-state index < -0.39 is 5.97 Å². The Kier molecular flexibility index (Phi) is 5.76. The predicted molar refractivity (Wildman–Crippen MR) is 87.3 cm³/mol. The van der Waals surface area contributed by atoms with E-state index in [1.807, 2.05) is 17.5 Å². The number of hydrogen-bond donors (Lipinski definition) is 2. The van der Waals surface area contributed by atoms with Crippen LogP contribution in [-0.2, 0) is 4.79 Å². The zero-order chi connectivity index (χ0) is 15.2. The molecule has 1 atom stereocenters. The van der Waals surface area contributed by atoms with Crippen LogP contribution in [0.15, 0.2) is 17.5 Å². The highest BCUT2D eigenvalue weighted by molar-refractivity contribution is 7.27. The van der Waals surface area contributed by atoms with Gasteiger partial charge in [0, 0.05) is 22.4 Å². The van der Waals surface area contributed by atoms with E-state index in [-0.39, 0.29) is 12.3 Å². The molecule has 2 rings (SSSR count). The number of fused-ring (bicyclic) bond motifs is 1. The van der Waals surface area contributed by atoms with Crippen molar-refractivity contribution in [2.75, 3.05) is 6.54 Å². The summed E-state index contributed by atoms with van der Waals surface area (Å²) < 4.78 is 2.30. The summed E-state index contributed by atoms with van der Waals surface area (Å²) in [5.41, 5.74) is 0. The lowest BCUT2D eigenvalue weighted by Crippen LogP contribution is -2.25. The molecular weight excluding hydrogens is 306 g/mol. The number of hydrogen-bond acceptors (Lipinski definition) is 4. The van der Waals surface area contributed by atoms with E-state index in [0.717, 1.165) is 27.1 Å². The van der Waals surface area contributed by atoms with E-state index in [4.69, 9.17) is 5.11 Å². The molecule has 0 aliphatic heterocycles. The Balaban J connectivity index is 1.78. The van der Waals surface area contributed by atoms with Crippen LogP contribution in [0.25, 0.3) is 9.40 Å². The summed E-state index contributed by atoms with van der Waals surface area (Å²) in [6.07, 6.45) is 2.65. The largest absolute Gasteiger partial charge is 0.481 e. The highest BCUT2D eigenvalue weighted by Gasteiger charge is 2.12. The highest BCUT2D eigenvalue weighted by Crippen LogP contribution is 2.29. The van der Waals surface area contributed by atoms with Crippen LogP contribution in [0.4, 0.5) is 0 Å². The van der Waals surface area contributed by atoms with Gasteiger partial charge in [0.05, 0.1) is 4.88 Å². The number of carboxylic acid groups (broad SMARTS) is 1. The predicted octanol–water partition coefficient (Wildman–Crippen LogP) is 3.97. The van der Waals surface area contributed by atoms with Crippen molar-refractivity contribution in [1.29, 1.82) is 0 Å². The molecule has 0 bridgehead atoms. The minimum absolute atomic E-state index is 0.0310. The number of nitrogens with one attached hydrogen (secondary N) is 1. The molecule has 0 aliphatic carbocycles. The van der Waals surface area contributed by atoms with Crippen molar-refractivity contribution in [3.63, 3.8) is 0 Å². The lowest BCUT2D eigenvalue weighted by molar-refractivity contribution is -0.137. The smallest absolute Gasteiger partial charge is 0.303 e. The van der Waals surface area contributed by atoms with Gasteiger partial charge in [-0.1, -0.05) is 13.3 Å². The molecule has 0 saturated heterocycles. The van der Waals surface area contributed by atoms with Gasteiger partial charge < -0.3 is 10.4 Å². The molecular formula is C15H19NO3S2. The molecule has 6 heteroatoms. The highest BCUT2D eigenvalue weighted by atomic mass is 32.1. The molecule has 1 amide bonds. The monoisotopic (exact) mass is 325 g/mol. The second-order valence-corrected chi connectivity index (χ2v) is 7.04. The zero-order valence-electron chi connectivity index (χ0n) is 11.9. The Bertz CT molecular complexity index is 589. The van der Waals surface area contributed by atoms with Crippen molar-refractivity contribution in [1.82, 2.24) is 5.32 Å². The summed E-state index contributed by atoms with van der Waals surface area (Å²) in [6.45, 7) is 2.66. The summed E-state index contributed by atoms with van der Waals surface area (Å²) in [4.78, 5) is 23.4. The van der Waals surface area contributed by atoms with Crippen molar-refractivity contribution >= 4 is 43.9 Å². The van der Waals surface area contributed by atoms with E-state index in [1.165, 1.54) is 11.3 Å². The van der Waals surface area contributed by atoms with Crippen LogP contribution in [0.1, 0.15) is 42.3 Å². The maximum absolute atomic E-state index is 12.1. The van der Waals surface area contributed by atoms with E-state index in [2.05, 4.69) is 12.2 Å². The topological polar surface area (TPSA) is 66.4 Å². The number of carbonyl (C=O) groups is 2. The minimum Gasteiger partial charge on any atom is -0.481 e. The van der Waals surface area contributed by atoms with Crippen LogP contribution in [0, 0.1) is 5.92 Å². The van der Waals surface area contributed by atoms with Crippen molar-refractivity contribution < 1.29 is 14.7 Å². The van der Waals surface area contributed by atoms with Crippen molar-refractivity contribution in [2.24, 2.45) is 5.92 Å². The molecule has 1 unspecified atom stereocenters. The minimum atomic E-state index is -0.754. The van der Waals surface area contributed by atoms with Gasteiger partial charge in [0.25, 0.3) is 5.91 Å². The molecule has 4 nitrogen and oxygen atoms in total. The molecule has 0 saturated carbocycles. The van der Waals surface area contributed by atoms with E-state index in [0.29, 0.717) is 18.9 Å². The third-order valence-corrected chi connectivity index (χ3v) is 5.64. The third kappa shape index (κ3) is 4.54. The summed E-state index contributed by atoms with van der Waals surface area (Å²) >= 11 is 3.15. The molecule has 2 aromatic rings. The van der Waals surface area contributed by atoms with Gasteiger partial charge >= 0.3 is 5.97 Å². The van der Waals surface area contributed by atoms with Gasteiger partial charge in [0.1, 0.15) is 0 Å². The molecule has 2 N–H and O–H groups in total. The second kappa shape index (κ2) is 7.56. The van der Waals surface area contributed by atoms with Gasteiger partial charge in [0.2, 0.25) is 0 Å². The first-order valence-corrected chi connectivity index (χ1v) is 8.76. The van der Waals surface area contributed by atoms with Crippen LogP contribution in [-0.4, -0.2) is 23.5 Å². The van der Waals surface area contributed by atoms with Gasteiger partial charge in [0.15, 0.2) is 0 Å². The number of carboxylic acids is 1. The van der Waals surface area contributed by atoms with Crippen LogP contribution in [0.3, 0.4) is 0 Å². The Morgan fingerprint density at radius 2 is 2.14 bits per heavy atom. The van der Waals surface area contributed by atoms with Crippen molar-refractivity contribution in [3.05, 3.63) is 22.4 Å². The quantitative estimate of drug-likeness (QED) is 0.771. The van der Waals surface area contributed by atoms with Crippen LogP contribution in [0.5, 0.6) is 0 Å². The molecule has 21 heavy (non-hydrogen) atoms. The first kappa shape index (κ1) is 16.0. The Labute approximate surface area is 131 Å². The summed E-state index contributed by atoms with van der Waals surface area (Å²) in [6, 6.07) is 3.96. The van der Waals surface area contributed by atoms with Crippen LogP contribution >= 0.6 is 22.7 Å². The average Bonchev–Trinajstić information content (AvgIpc) is 3.03. The lowest BCUT2D eigenvalue weighted by atomic mass is 9.97. The molecule has 2 aromatic heterocycles. The lowest BCUT2D eigenvalue weighted by Gasteiger charge is -2.13. The van der Waals surface area contributed by atoms with Gasteiger partial charge in [-0.15, -0.1) is 22.7 Å². The summed E-state index contributed by atoms with van der Waals surface area (Å²) in [7, 11) is 0. The number of rotatable bonds is 8. The van der Waals surface area contributed by atoms with Gasteiger partial charge in [-0.2, -0.15) is 0 Å². The molecule has 0 spiro atoms. The third-order valence-electron chi connectivity index (χ3n) is 3.55. The molecule has 0 aliphatic rings. The standard InChI is InChI=1S/C15H19NO3S2/c1-2-10(3-4-14(17)18)5-7-16-15(19)13-9-12-11(21-13)6-8-20-12/h6,8-10H,2-5,7H2,1H3,(H,16,19)(H,17,18). The maximum atomic E-state index is 12.1. The molecule has 2 heterocycles. The first-order chi connectivity index (χ1) is 10.1. The number of thiophene rings is 2. The Morgan fingerprint density at radius 1 is 1.33 bits per heavy atom. The van der Waals surface area contributed by atoms with Crippen molar-refractivity contribution in [2.45, 2.75) is 32.6 Å². The molecule has 0 radical (unpaired) electrons. The fraction of sp³-hybridized carbons (Fsp3) is 0.467. The first-order valence-electron chi connectivity index (χ1n) is 7.07. The van der Waals surface area contributed by atoms with E-state index >= 15 is 0 Å². The van der Waals surface area contributed by atoms with E-state index in [1.54, 1.807) is 11.3 Å². The Hall–Kier alpha value is -1.40. The van der Waals surface area contributed by atoms with Gasteiger partial charge in [-0.3, -0.25) is 9.59 Å². The van der Waals surface area contributed by atoms with Crippen LogP contribution in [0.2, 0.25) is 0 Å². The van der Waals surface area contributed by atoms with Gasteiger partial charge in [-0.25, -0.2) is 0 Å².